The Labute approximate surface area is 125 Å². The Morgan fingerprint density at radius 1 is 1.40 bits per heavy atom. The molecule has 6 heteroatoms. The fraction of sp³-hybridized carbons (Fsp3) is 0.571. The summed E-state index contributed by atoms with van der Waals surface area (Å²) in [4.78, 5) is 1.46. The number of alkyl halides is 3. The molecule has 0 heterocycles. The zero-order valence-corrected chi connectivity index (χ0v) is 13.1. The van der Waals surface area contributed by atoms with Gasteiger partial charge < -0.3 is 10.2 Å². The highest BCUT2D eigenvalue weighted by Gasteiger charge is 2.38. The van der Waals surface area contributed by atoms with E-state index in [0.717, 1.165) is 22.9 Å². The Balaban J connectivity index is 2.24. The first-order valence-electron chi connectivity index (χ1n) is 6.62. The highest BCUT2D eigenvalue weighted by Crippen LogP contribution is 2.36. The molecule has 1 atom stereocenters. The molecule has 0 aliphatic heterocycles. The third-order valence-corrected chi connectivity index (χ3v) is 4.24. The Morgan fingerprint density at radius 2 is 2.05 bits per heavy atom. The van der Waals surface area contributed by atoms with Gasteiger partial charge in [-0.25, -0.2) is 0 Å². The first-order chi connectivity index (χ1) is 9.31. The van der Waals surface area contributed by atoms with E-state index in [1.54, 1.807) is 12.1 Å². The van der Waals surface area contributed by atoms with Gasteiger partial charge in [0.2, 0.25) is 0 Å². The van der Waals surface area contributed by atoms with E-state index in [0.29, 0.717) is 5.69 Å². The summed E-state index contributed by atoms with van der Waals surface area (Å²) >= 11 is 3.46. The standard InChI is InChI=1S/C14H18BrF3N2/c1-9(19-2)12-6-5-11(7-13(12)15)20(10-3-4-10)8-14(16,17)18/h5-7,9-10,19H,3-4,8H2,1-2H3. The van der Waals surface area contributed by atoms with Crippen LogP contribution in [0.25, 0.3) is 0 Å². The molecule has 2 rings (SSSR count). The maximum absolute atomic E-state index is 12.7. The van der Waals surface area contributed by atoms with E-state index in [9.17, 15) is 13.2 Å². The van der Waals surface area contributed by atoms with Gasteiger partial charge in [0.25, 0.3) is 0 Å². The largest absolute Gasteiger partial charge is 0.405 e. The van der Waals surface area contributed by atoms with Gasteiger partial charge in [-0.3, -0.25) is 0 Å². The van der Waals surface area contributed by atoms with Crippen molar-refractivity contribution >= 4 is 21.6 Å². The van der Waals surface area contributed by atoms with E-state index in [4.69, 9.17) is 0 Å². The molecule has 1 aliphatic carbocycles. The zero-order chi connectivity index (χ0) is 14.9. The quantitative estimate of drug-likeness (QED) is 0.853. The highest BCUT2D eigenvalue weighted by atomic mass is 79.9. The minimum absolute atomic E-state index is 0.0242. The normalized spacial score (nSPS) is 17.1. The van der Waals surface area contributed by atoms with E-state index in [2.05, 4.69) is 21.2 Å². The summed E-state index contributed by atoms with van der Waals surface area (Å²) in [7, 11) is 1.85. The van der Waals surface area contributed by atoms with Crippen molar-refractivity contribution in [3.63, 3.8) is 0 Å². The second-order valence-corrected chi connectivity index (χ2v) is 6.04. The monoisotopic (exact) mass is 350 g/mol. The Hall–Kier alpha value is -0.750. The van der Waals surface area contributed by atoms with Crippen LogP contribution in [0.5, 0.6) is 0 Å². The van der Waals surface area contributed by atoms with Crippen LogP contribution in [0.1, 0.15) is 31.4 Å². The van der Waals surface area contributed by atoms with Crippen molar-refractivity contribution in [3.8, 4) is 0 Å². The number of anilines is 1. The van der Waals surface area contributed by atoms with Gasteiger partial charge in [-0.2, -0.15) is 13.2 Å². The Bertz CT molecular complexity index is 472. The highest BCUT2D eigenvalue weighted by molar-refractivity contribution is 9.10. The minimum Gasteiger partial charge on any atom is -0.359 e. The molecule has 1 aliphatic rings. The second-order valence-electron chi connectivity index (χ2n) is 5.19. The fourth-order valence-corrected chi connectivity index (χ4v) is 2.92. The van der Waals surface area contributed by atoms with Gasteiger partial charge >= 0.3 is 6.18 Å². The molecule has 0 spiro atoms. The van der Waals surface area contributed by atoms with E-state index < -0.39 is 12.7 Å². The molecule has 1 fully saturated rings. The van der Waals surface area contributed by atoms with Gasteiger partial charge in [0.15, 0.2) is 0 Å². The van der Waals surface area contributed by atoms with Crippen LogP contribution in [0.15, 0.2) is 22.7 Å². The molecule has 0 aromatic heterocycles. The number of nitrogens with zero attached hydrogens (tertiary/aromatic N) is 1. The lowest BCUT2D eigenvalue weighted by Gasteiger charge is -2.27. The van der Waals surface area contributed by atoms with E-state index >= 15 is 0 Å². The van der Waals surface area contributed by atoms with Crippen molar-refractivity contribution in [3.05, 3.63) is 28.2 Å². The van der Waals surface area contributed by atoms with Crippen LogP contribution in [0, 0.1) is 0 Å². The maximum Gasteiger partial charge on any atom is 0.405 e. The van der Waals surface area contributed by atoms with Crippen LogP contribution < -0.4 is 10.2 Å². The summed E-state index contributed by atoms with van der Waals surface area (Å²) in [5.74, 6) is 0. The molecule has 20 heavy (non-hydrogen) atoms. The minimum atomic E-state index is -4.17. The molecule has 1 unspecified atom stereocenters. The molecule has 0 radical (unpaired) electrons. The van der Waals surface area contributed by atoms with Crippen LogP contribution in [0.3, 0.4) is 0 Å². The number of hydrogen-bond donors (Lipinski definition) is 1. The van der Waals surface area contributed by atoms with Crippen LogP contribution in [-0.2, 0) is 0 Å². The van der Waals surface area contributed by atoms with Gasteiger partial charge in [0.1, 0.15) is 6.54 Å². The topological polar surface area (TPSA) is 15.3 Å². The average molecular weight is 351 g/mol. The van der Waals surface area contributed by atoms with E-state index in [1.165, 1.54) is 4.90 Å². The predicted molar refractivity (Wildman–Crippen MR) is 78.0 cm³/mol. The summed E-state index contributed by atoms with van der Waals surface area (Å²) in [5, 5.41) is 3.12. The molecule has 1 N–H and O–H groups in total. The lowest BCUT2D eigenvalue weighted by atomic mass is 10.1. The summed E-state index contributed by atoms with van der Waals surface area (Å²) < 4.78 is 38.9. The van der Waals surface area contributed by atoms with Gasteiger partial charge in [-0.05, 0) is 44.5 Å². The molecule has 1 aromatic rings. The van der Waals surface area contributed by atoms with Crippen molar-refractivity contribution in [2.45, 2.75) is 38.0 Å². The number of benzene rings is 1. The van der Waals surface area contributed by atoms with Crippen molar-refractivity contribution in [2.75, 3.05) is 18.5 Å². The Morgan fingerprint density at radius 3 is 2.50 bits per heavy atom. The SMILES string of the molecule is CNC(C)c1ccc(N(CC(F)(F)F)C2CC2)cc1Br. The Kier molecular flexibility index (Phi) is 4.64. The molecule has 1 saturated carbocycles. The van der Waals surface area contributed by atoms with Crippen LogP contribution in [-0.4, -0.2) is 25.8 Å². The van der Waals surface area contributed by atoms with Crippen LogP contribution in [0.4, 0.5) is 18.9 Å². The third kappa shape index (κ3) is 3.88. The van der Waals surface area contributed by atoms with E-state index in [1.807, 2.05) is 20.0 Å². The maximum atomic E-state index is 12.7. The van der Waals surface area contributed by atoms with Crippen molar-refractivity contribution in [2.24, 2.45) is 0 Å². The number of halogens is 4. The van der Waals surface area contributed by atoms with Crippen LogP contribution >= 0.6 is 15.9 Å². The predicted octanol–water partition coefficient (Wildman–Crippen LogP) is 4.26. The summed E-state index contributed by atoms with van der Waals surface area (Å²) in [6.45, 7) is 1.12. The third-order valence-electron chi connectivity index (χ3n) is 3.55. The number of nitrogens with one attached hydrogen (secondary N) is 1. The molecule has 0 bridgehead atoms. The molecular weight excluding hydrogens is 333 g/mol. The number of hydrogen-bond acceptors (Lipinski definition) is 2. The van der Waals surface area contributed by atoms with Gasteiger partial charge in [0.05, 0.1) is 0 Å². The smallest absolute Gasteiger partial charge is 0.359 e. The van der Waals surface area contributed by atoms with Crippen molar-refractivity contribution in [1.29, 1.82) is 0 Å². The summed E-state index contributed by atoms with van der Waals surface area (Å²) in [6, 6.07) is 5.61. The molecule has 0 saturated heterocycles. The van der Waals surface area contributed by atoms with Crippen LogP contribution in [0.2, 0.25) is 0 Å². The molecular formula is C14H18BrF3N2. The van der Waals surface area contributed by atoms with E-state index in [-0.39, 0.29) is 12.1 Å². The summed E-state index contributed by atoms with van der Waals surface area (Å²) in [5.41, 5.74) is 1.67. The first kappa shape index (κ1) is 15.6. The zero-order valence-electron chi connectivity index (χ0n) is 11.5. The fourth-order valence-electron chi connectivity index (χ4n) is 2.21. The van der Waals surface area contributed by atoms with Gasteiger partial charge in [-0.15, -0.1) is 0 Å². The average Bonchev–Trinajstić information content (AvgIpc) is 3.18. The molecule has 112 valence electrons. The van der Waals surface area contributed by atoms with Gasteiger partial charge in [-0.1, -0.05) is 22.0 Å². The molecule has 1 aromatic carbocycles. The number of rotatable bonds is 5. The molecule has 2 nitrogen and oxygen atoms in total. The van der Waals surface area contributed by atoms with Gasteiger partial charge in [0, 0.05) is 22.2 Å². The van der Waals surface area contributed by atoms with Crippen molar-refractivity contribution in [1.82, 2.24) is 5.32 Å². The van der Waals surface area contributed by atoms with Crippen molar-refractivity contribution < 1.29 is 13.2 Å². The lowest BCUT2D eigenvalue weighted by molar-refractivity contribution is -0.120. The molecule has 0 amide bonds. The lowest BCUT2D eigenvalue weighted by Crippen LogP contribution is -2.36. The first-order valence-corrected chi connectivity index (χ1v) is 7.41. The second kappa shape index (κ2) is 5.93. The summed E-state index contributed by atoms with van der Waals surface area (Å²) in [6.07, 6.45) is -2.50.